The van der Waals surface area contributed by atoms with E-state index >= 15 is 0 Å². The molecule has 1 aliphatic rings. The zero-order valence-corrected chi connectivity index (χ0v) is 19.8. The molecule has 0 bridgehead atoms. The van der Waals surface area contributed by atoms with Crippen LogP contribution >= 0.6 is 35.3 Å². The minimum atomic E-state index is 0. The Morgan fingerprint density at radius 3 is 2.86 bits per heavy atom. The molecule has 1 atom stereocenters. The van der Waals surface area contributed by atoms with E-state index in [4.69, 9.17) is 4.74 Å². The van der Waals surface area contributed by atoms with Crippen LogP contribution in [-0.2, 0) is 24.2 Å². The van der Waals surface area contributed by atoms with Crippen molar-refractivity contribution in [3.63, 3.8) is 0 Å². The highest BCUT2D eigenvalue weighted by Crippen LogP contribution is 2.12. The number of hydrogen-bond donors (Lipinski definition) is 2. The first kappa shape index (κ1) is 23.1. The van der Waals surface area contributed by atoms with Gasteiger partial charge in [0.05, 0.1) is 12.7 Å². The van der Waals surface area contributed by atoms with Crippen molar-refractivity contribution < 1.29 is 4.74 Å². The summed E-state index contributed by atoms with van der Waals surface area (Å²) in [5.41, 5.74) is 2.62. The summed E-state index contributed by atoms with van der Waals surface area (Å²) in [6.07, 6.45) is 1.35. The van der Waals surface area contributed by atoms with Gasteiger partial charge in [-0.15, -0.1) is 35.3 Å². The molecule has 1 fully saturated rings. The van der Waals surface area contributed by atoms with Crippen LogP contribution in [0.25, 0.3) is 0 Å². The van der Waals surface area contributed by atoms with Crippen LogP contribution in [0.1, 0.15) is 22.9 Å². The van der Waals surface area contributed by atoms with Gasteiger partial charge < -0.3 is 15.4 Å². The number of nitrogens with one attached hydrogen (secondary N) is 2. The fraction of sp³-hybridized carbons (Fsp3) is 0.476. The summed E-state index contributed by atoms with van der Waals surface area (Å²) in [6, 6.07) is 13.1. The Kier molecular flexibility index (Phi) is 10.3. The molecule has 0 amide bonds. The second-order valence-electron chi connectivity index (χ2n) is 6.92. The summed E-state index contributed by atoms with van der Waals surface area (Å²) in [5, 5.41) is 8.92. The van der Waals surface area contributed by atoms with Crippen molar-refractivity contribution in [3.8, 4) is 0 Å². The number of halogens is 1. The summed E-state index contributed by atoms with van der Waals surface area (Å²) in [4.78, 5) is 8.18. The van der Waals surface area contributed by atoms with Crippen LogP contribution in [0.5, 0.6) is 0 Å². The van der Waals surface area contributed by atoms with Crippen LogP contribution in [0.15, 0.2) is 46.8 Å². The number of benzene rings is 1. The number of nitrogens with zero attached hydrogens (tertiary/aromatic N) is 2. The van der Waals surface area contributed by atoms with Gasteiger partial charge in [-0.05, 0) is 35.9 Å². The Morgan fingerprint density at radius 1 is 1.25 bits per heavy atom. The van der Waals surface area contributed by atoms with Gasteiger partial charge in [-0.1, -0.05) is 30.3 Å². The van der Waals surface area contributed by atoms with Crippen molar-refractivity contribution in [2.75, 3.05) is 33.3 Å². The van der Waals surface area contributed by atoms with E-state index in [9.17, 15) is 0 Å². The molecule has 3 rings (SSSR count). The number of rotatable bonds is 7. The van der Waals surface area contributed by atoms with E-state index in [1.54, 1.807) is 11.3 Å². The molecule has 2 N–H and O–H groups in total. The van der Waals surface area contributed by atoms with Gasteiger partial charge in [-0.2, -0.15) is 0 Å². The third-order valence-electron chi connectivity index (χ3n) is 4.65. The normalized spacial score (nSPS) is 17.8. The van der Waals surface area contributed by atoms with E-state index in [1.807, 2.05) is 7.05 Å². The van der Waals surface area contributed by atoms with Gasteiger partial charge >= 0.3 is 0 Å². The van der Waals surface area contributed by atoms with Crippen LogP contribution < -0.4 is 10.6 Å². The van der Waals surface area contributed by atoms with Crippen LogP contribution in [0.2, 0.25) is 0 Å². The first-order chi connectivity index (χ1) is 13.2. The maximum Gasteiger partial charge on any atom is 0.191 e. The molecule has 5 nitrogen and oxygen atoms in total. The zero-order chi connectivity index (χ0) is 18.9. The smallest absolute Gasteiger partial charge is 0.191 e. The molecular formula is C21H31IN4OS. The van der Waals surface area contributed by atoms with Crippen molar-refractivity contribution >= 4 is 41.3 Å². The Balaban J connectivity index is 0.00000280. The predicted octanol–water partition coefficient (Wildman–Crippen LogP) is 3.49. The number of ether oxygens (including phenoxy) is 1. The highest BCUT2D eigenvalue weighted by molar-refractivity contribution is 14.0. The summed E-state index contributed by atoms with van der Waals surface area (Å²) < 4.78 is 5.63. The van der Waals surface area contributed by atoms with Gasteiger partial charge in [-0.25, -0.2) is 0 Å². The maximum atomic E-state index is 5.63. The maximum absolute atomic E-state index is 5.63. The lowest BCUT2D eigenvalue weighted by atomic mass is 10.1. The molecule has 1 unspecified atom stereocenters. The highest BCUT2D eigenvalue weighted by Gasteiger charge is 2.16. The number of hydrogen-bond acceptors (Lipinski definition) is 4. The van der Waals surface area contributed by atoms with E-state index in [0.717, 1.165) is 51.7 Å². The van der Waals surface area contributed by atoms with Crippen molar-refractivity contribution in [1.82, 2.24) is 15.5 Å². The Hall–Kier alpha value is -1.16. The number of guanidine groups is 1. The summed E-state index contributed by atoms with van der Waals surface area (Å²) in [7, 11) is 1.82. The van der Waals surface area contributed by atoms with Crippen molar-refractivity contribution in [1.29, 1.82) is 0 Å². The van der Waals surface area contributed by atoms with Gasteiger partial charge in [0, 0.05) is 44.6 Å². The van der Waals surface area contributed by atoms with E-state index in [0.29, 0.717) is 6.10 Å². The summed E-state index contributed by atoms with van der Waals surface area (Å²) in [5.74, 6) is 0.846. The van der Waals surface area contributed by atoms with Gasteiger partial charge in [0.15, 0.2) is 5.96 Å². The molecule has 0 spiro atoms. The molecule has 0 saturated carbocycles. The highest BCUT2D eigenvalue weighted by atomic mass is 127. The van der Waals surface area contributed by atoms with Crippen LogP contribution in [0.4, 0.5) is 0 Å². The lowest BCUT2D eigenvalue weighted by Gasteiger charge is -2.31. The summed E-state index contributed by atoms with van der Waals surface area (Å²) >= 11 is 1.80. The average Bonchev–Trinajstić information content (AvgIpc) is 3.18. The van der Waals surface area contributed by atoms with Gasteiger partial charge in [0.25, 0.3) is 0 Å². The molecule has 2 aromatic rings. The quantitative estimate of drug-likeness (QED) is 0.338. The monoisotopic (exact) mass is 514 g/mol. The van der Waals surface area contributed by atoms with Crippen LogP contribution in [0.3, 0.4) is 0 Å². The Bertz CT molecular complexity index is 723. The standard InChI is InChI=1S/C21H30N4OS.HI/c1-17-15-25(10-11-26-17)16-19-6-3-5-18(13-19)14-24-21(22-2)23-9-8-20-7-4-12-27-20;/h3-7,12-13,17H,8-11,14-16H2,1-2H3,(H2,22,23,24);1H. The molecule has 1 saturated heterocycles. The van der Waals surface area contributed by atoms with Gasteiger partial charge in [0.2, 0.25) is 0 Å². The Morgan fingerprint density at radius 2 is 2.11 bits per heavy atom. The summed E-state index contributed by atoms with van der Waals surface area (Å²) in [6.45, 7) is 7.62. The minimum absolute atomic E-state index is 0. The third kappa shape index (κ3) is 7.69. The van der Waals surface area contributed by atoms with E-state index in [1.165, 1.54) is 16.0 Å². The molecular weight excluding hydrogens is 483 g/mol. The predicted molar refractivity (Wildman–Crippen MR) is 129 cm³/mol. The molecule has 1 aliphatic heterocycles. The molecule has 28 heavy (non-hydrogen) atoms. The van der Waals surface area contributed by atoms with E-state index in [-0.39, 0.29) is 24.0 Å². The first-order valence-corrected chi connectivity index (χ1v) is 10.5. The molecule has 2 heterocycles. The molecule has 0 aliphatic carbocycles. The lowest BCUT2D eigenvalue weighted by molar-refractivity contribution is -0.0212. The molecule has 154 valence electrons. The Labute approximate surface area is 189 Å². The van der Waals surface area contributed by atoms with E-state index < -0.39 is 0 Å². The fourth-order valence-electron chi connectivity index (χ4n) is 3.30. The number of aliphatic imine (C=N–C) groups is 1. The lowest BCUT2D eigenvalue weighted by Crippen LogP contribution is -2.40. The zero-order valence-electron chi connectivity index (χ0n) is 16.7. The fourth-order valence-corrected chi connectivity index (χ4v) is 4.00. The topological polar surface area (TPSA) is 48.9 Å². The molecule has 1 aromatic heterocycles. The number of morpholine rings is 1. The minimum Gasteiger partial charge on any atom is -0.376 e. The first-order valence-electron chi connectivity index (χ1n) is 9.61. The van der Waals surface area contributed by atoms with Crippen molar-refractivity contribution in [2.45, 2.75) is 32.5 Å². The third-order valence-corrected chi connectivity index (χ3v) is 5.59. The van der Waals surface area contributed by atoms with Crippen LogP contribution in [0, 0.1) is 0 Å². The largest absolute Gasteiger partial charge is 0.376 e. The molecule has 0 radical (unpaired) electrons. The average molecular weight is 514 g/mol. The second-order valence-corrected chi connectivity index (χ2v) is 7.95. The molecule has 7 heteroatoms. The van der Waals surface area contributed by atoms with Crippen molar-refractivity contribution in [2.24, 2.45) is 4.99 Å². The van der Waals surface area contributed by atoms with Gasteiger partial charge in [0.1, 0.15) is 0 Å². The van der Waals surface area contributed by atoms with Gasteiger partial charge in [-0.3, -0.25) is 9.89 Å². The van der Waals surface area contributed by atoms with Crippen molar-refractivity contribution in [3.05, 3.63) is 57.8 Å². The van der Waals surface area contributed by atoms with E-state index in [2.05, 4.69) is 69.2 Å². The van der Waals surface area contributed by atoms with Crippen LogP contribution in [-0.4, -0.2) is 50.3 Å². The molecule has 1 aromatic carbocycles. The second kappa shape index (κ2) is 12.4. The SMILES string of the molecule is CN=C(NCCc1cccs1)NCc1cccc(CN2CCOC(C)C2)c1.I. The number of thiophene rings is 1.